The van der Waals surface area contributed by atoms with Crippen LogP contribution in [0.25, 0.3) is 6.08 Å². The molecule has 0 fully saturated rings. The molecule has 6 heteroatoms. The van der Waals surface area contributed by atoms with Crippen LogP contribution in [0.4, 0.5) is 5.69 Å². The van der Waals surface area contributed by atoms with Gasteiger partial charge in [-0.25, -0.2) is 0 Å². The number of carbonyl (C=O) groups is 1. The van der Waals surface area contributed by atoms with Crippen LogP contribution in [0.2, 0.25) is 0 Å². The number of para-hydroxylation sites is 1. The number of nitrogens with zero attached hydrogens (tertiary/aromatic N) is 2. The fourth-order valence-corrected chi connectivity index (χ4v) is 4.17. The smallest absolute Gasteiger partial charge is 0.268 e. The molecule has 0 aromatic heterocycles. The van der Waals surface area contributed by atoms with E-state index in [1.165, 1.54) is 0 Å². The predicted molar refractivity (Wildman–Crippen MR) is 141 cm³/mol. The molecule has 6 nitrogen and oxygen atoms in total. The van der Waals surface area contributed by atoms with Gasteiger partial charge in [-0.2, -0.15) is 5.26 Å². The van der Waals surface area contributed by atoms with Crippen molar-refractivity contribution in [1.29, 1.82) is 5.26 Å². The Hall–Kier alpha value is -4.24. The van der Waals surface area contributed by atoms with E-state index in [1.807, 2.05) is 63.2 Å². The van der Waals surface area contributed by atoms with Crippen molar-refractivity contribution < 1.29 is 19.0 Å². The van der Waals surface area contributed by atoms with Gasteiger partial charge in [0, 0.05) is 12.2 Å². The Morgan fingerprint density at radius 1 is 0.972 bits per heavy atom. The van der Waals surface area contributed by atoms with E-state index in [9.17, 15) is 10.1 Å². The Morgan fingerprint density at radius 3 is 2.53 bits per heavy atom. The van der Waals surface area contributed by atoms with Crippen molar-refractivity contribution >= 4 is 17.7 Å². The van der Waals surface area contributed by atoms with E-state index in [4.69, 9.17) is 14.2 Å². The number of rotatable bonds is 9. The molecule has 0 unspecified atom stereocenters. The third kappa shape index (κ3) is 5.69. The average molecular weight is 483 g/mol. The van der Waals surface area contributed by atoms with Crippen LogP contribution < -0.4 is 19.1 Å². The summed E-state index contributed by atoms with van der Waals surface area (Å²) in [6.45, 7) is 7.70. The van der Waals surface area contributed by atoms with Gasteiger partial charge in [-0.15, -0.1) is 0 Å². The lowest BCUT2D eigenvalue weighted by Crippen LogP contribution is -2.29. The minimum Gasteiger partial charge on any atom is -0.490 e. The molecule has 0 spiro atoms. The lowest BCUT2D eigenvalue weighted by molar-refractivity contribution is -0.114. The Morgan fingerprint density at radius 2 is 1.75 bits per heavy atom. The van der Waals surface area contributed by atoms with E-state index in [1.54, 1.807) is 23.1 Å². The normalized spacial score (nSPS) is 12.6. The van der Waals surface area contributed by atoms with Crippen molar-refractivity contribution in [3.63, 3.8) is 0 Å². The van der Waals surface area contributed by atoms with E-state index in [-0.39, 0.29) is 11.5 Å². The van der Waals surface area contributed by atoms with Gasteiger partial charge in [-0.1, -0.05) is 36.4 Å². The standard InChI is InChI=1S/C30H30N2O4/c1-4-34-29-19-23(11-12-27(29)35-15-16-36-28-17-21(2)9-10-22(28)3)18-25(20-31)30(33)32-14-13-24-7-5-6-8-26(24)32/h5-12,17-19H,4,13-16H2,1-3H3/b25-18+. The lowest BCUT2D eigenvalue weighted by atomic mass is 10.1. The molecule has 0 saturated carbocycles. The van der Waals surface area contributed by atoms with Crippen LogP contribution in [-0.4, -0.2) is 32.3 Å². The van der Waals surface area contributed by atoms with Crippen LogP contribution >= 0.6 is 0 Å². The van der Waals surface area contributed by atoms with Gasteiger partial charge in [-0.3, -0.25) is 4.79 Å². The van der Waals surface area contributed by atoms with Crippen LogP contribution in [0.1, 0.15) is 29.2 Å². The second-order valence-electron chi connectivity index (χ2n) is 8.61. The van der Waals surface area contributed by atoms with E-state index >= 15 is 0 Å². The number of anilines is 1. The number of hydrogen-bond acceptors (Lipinski definition) is 5. The molecular weight excluding hydrogens is 452 g/mol. The molecule has 36 heavy (non-hydrogen) atoms. The molecule has 3 aromatic rings. The number of benzene rings is 3. The maximum atomic E-state index is 13.1. The van der Waals surface area contributed by atoms with Crippen LogP contribution in [0.15, 0.2) is 66.2 Å². The van der Waals surface area contributed by atoms with Crippen molar-refractivity contribution in [2.75, 3.05) is 31.3 Å². The van der Waals surface area contributed by atoms with Gasteiger partial charge in [0.25, 0.3) is 5.91 Å². The number of aryl methyl sites for hydroxylation is 2. The summed E-state index contributed by atoms with van der Waals surface area (Å²) in [6.07, 6.45) is 2.38. The third-order valence-corrected chi connectivity index (χ3v) is 6.00. The minimum atomic E-state index is -0.302. The summed E-state index contributed by atoms with van der Waals surface area (Å²) in [7, 11) is 0. The monoisotopic (exact) mass is 482 g/mol. The SMILES string of the molecule is CCOc1cc(/C=C(\C#N)C(=O)N2CCc3ccccc32)ccc1OCCOc1cc(C)ccc1C. The summed E-state index contributed by atoms with van der Waals surface area (Å²) in [5.74, 6) is 1.67. The molecule has 1 aliphatic rings. The zero-order valence-electron chi connectivity index (χ0n) is 20.9. The van der Waals surface area contributed by atoms with Crippen LogP contribution in [-0.2, 0) is 11.2 Å². The quantitative estimate of drug-likeness (QED) is 0.224. The summed E-state index contributed by atoms with van der Waals surface area (Å²) < 4.78 is 17.6. The Bertz CT molecular complexity index is 1320. The molecule has 0 N–H and O–H groups in total. The molecule has 1 amide bonds. The largest absolute Gasteiger partial charge is 0.490 e. The summed E-state index contributed by atoms with van der Waals surface area (Å²) in [4.78, 5) is 14.8. The average Bonchev–Trinajstić information content (AvgIpc) is 3.32. The number of amides is 1. The number of fused-ring (bicyclic) bond motifs is 1. The number of carbonyl (C=O) groups excluding carboxylic acids is 1. The van der Waals surface area contributed by atoms with Crippen molar-refractivity contribution in [3.8, 4) is 23.3 Å². The van der Waals surface area contributed by atoms with E-state index in [0.29, 0.717) is 43.4 Å². The van der Waals surface area contributed by atoms with Crippen molar-refractivity contribution in [2.45, 2.75) is 27.2 Å². The highest BCUT2D eigenvalue weighted by atomic mass is 16.5. The number of nitriles is 1. The molecule has 1 heterocycles. The highest BCUT2D eigenvalue weighted by Crippen LogP contribution is 2.31. The van der Waals surface area contributed by atoms with Crippen LogP contribution in [0.3, 0.4) is 0 Å². The van der Waals surface area contributed by atoms with Gasteiger partial charge < -0.3 is 19.1 Å². The van der Waals surface area contributed by atoms with Crippen molar-refractivity contribution in [3.05, 3.63) is 88.5 Å². The highest BCUT2D eigenvalue weighted by molar-refractivity contribution is 6.12. The topological polar surface area (TPSA) is 71.8 Å². The molecular formula is C30H30N2O4. The first-order valence-corrected chi connectivity index (χ1v) is 12.1. The summed E-state index contributed by atoms with van der Waals surface area (Å²) in [5.41, 5.74) is 4.96. The van der Waals surface area contributed by atoms with E-state index in [2.05, 4.69) is 12.1 Å². The summed E-state index contributed by atoms with van der Waals surface area (Å²) >= 11 is 0. The van der Waals surface area contributed by atoms with Crippen LogP contribution in [0.5, 0.6) is 17.2 Å². The van der Waals surface area contributed by atoms with Gasteiger partial charge in [0.2, 0.25) is 0 Å². The second-order valence-corrected chi connectivity index (χ2v) is 8.61. The first-order valence-electron chi connectivity index (χ1n) is 12.1. The van der Waals surface area contributed by atoms with Gasteiger partial charge in [0.15, 0.2) is 11.5 Å². The number of hydrogen-bond donors (Lipinski definition) is 0. The van der Waals surface area contributed by atoms with Gasteiger partial charge in [0.05, 0.1) is 6.61 Å². The Labute approximate surface area is 212 Å². The van der Waals surface area contributed by atoms with Gasteiger partial charge >= 0.3 is 0 Å². The van der Waals surface area contributed by atoms with Gasteiger partial charge in [0.1, 0.15) is 30.6 Å². The highest BCUT2D eigenvalue weighted by Gasteiger charge is 2.26. The zero-order valence-corrected chi connectivity index (χ0v) is 20.9. The first-order chi connectivity index (χ1) is 17.5. The number of ether oxygens (including phenoxy) is 3. The maximum absolute atomic E-state index is 13.1. The fraction of sp³-hybridized carbons (Fsp3) is 0.267. The molecule has 0 radical (unpaired) electrons. The molecule has 0 saturated heterocycles. The Kier molecular flexibility index (Phi) is 7.92. The summed E-state index contributed by atoms with van der Waals surface area (Å²) in [6, 6.07) is 21.4. The summed E-state index contributed by atoms with van der Waals surface area (Å²) in [5, 5.41) is 9.73. The molecule has 1 aliphatic heterocycles. The lowest BCUT2D eigenvalue weighted by Gasteiger charge is -2.17. The van der Waals surface area contributed by atoms with Crippen LogP contribution in [0, 0.1) is 25.2 Å². The first kappa shape index (κ1) is 24.9. The third-order valence-electron chi connectivity index (χ3n) is 6.00. The predicted octanol–water partition coefficient (Wildman–Crippen LogP) is 5.66. The minimum absolute atomic E-state index is 0.0738. The molecule has 0 bridgehead atoms. The molecule has 184 valence electrons. The molecule has 4 rings (SSSR count). The van der Waals surface area contributed by atoms with Crippen molar-refractivity contribution in [1.82, 2.24) is 0 Å². The Balaban J connectivity index is 1.45. The maximum Gasteiger partial charge on any atom is 0.268 e. The van der Waals surface area contributed by atoms with Crippen molar-refractivity contribution in [2.24, 2.45) is 0 Å². The molecule has 0 aliphatic carbocycles. The fourth-order valence-electron chi connectivity index (χ4n) is 4.17. The van der Waals surface area contributed by atoms with Gasteiger partial charge in [-0.05, 0) is 79.8 Å². The second kappa shape index (κ2) is 11.5. The zero-order chi connectivity index (χ0) is 25.5. The molecule has 3 aromatic carbocycles. The molecule has 0 atom stereocenters. The van der Waals surface area contributed by atoms with E-state index < -0.39 is 0 Å². The van der Waals surface area contributed by atoms with E-state index in [0.717, 1.165) is 34.5 Å².